The van der Waals surface area contributed by atoms with Gasteiger partial charge in [-0.15, -0.1) is 11.3 Å². The molecule has 0 aliphatic rings. The highest BCUT2D eigenvalue weighted by Gasteiger charge is 2.12. The van der Waals surface area contributed by atoms with Gasteiger partial charge < -0.3 is 4.74 Å². The van der Waals surface area contributed by atoms with Gasteiger partial charge in [-0.05, 0) is 47.7 Å². The quantitative estimate of drug-likeness (QED) is 0.528. The first-order valence-corrected chi connectivity index (χ1v) is 10.3. The first-order valence-electron chi connectivity index (χ1n) is 9.13. The predicted molar refractivity (Wildman–Crippen MR) is 116 cm³/mol. The number of thiazole rings is 1. The number of nitrogens with one attached hydrogen (secondary N) is 1. The van der Waals surface area contributed by atoms with Gasteiger partial charge in [0.05, 0.1) is 0 Å². The second-order valence-electron chi connectivity index (χ2n) is 6.97. The number of amides is 1. The monoisotopic (exact) mass is 414 g/mol. The fourth-order valence-electron chi connectivity index (χ4n) is 2.79. The average molecular weight is 415 g/mol. The van der Waals surface area contributed by atoms with E-state index in [-0.39, 0.29) is 12.5 Å². The highest BCUT2D eigenvalue weighted by Crippen LogP contribution is 2.27. The Morgan fingerprint density at radius 2 is 1.96 bits per heavy atom. The molecule has 3 aromatic rings. The standard InChI is InChI=1S/C22H23ClN2O2S/c1-14(2)19-9-4-15(3)10-20(19)27-13-21(26)25-22-24-12-18(28-22)11-16-5-7-17(23)8-6-16/h4-10,12,14H,11,13H2,1-3H3,(H,24,25,26). The van der Waals surface area contributed by atoms with Crippen LogP contribution < -0.4 is 10.1 Å². The number of ether oxygens (including phenoxy) is 1. The van der Waals surface area contributed by atoms with Crippen molar-refractivity contribution in [1.82, 2.24) is 4.98 Å². The fraction of sp³-hybridized carbons (Fsp3) is 0.273. The molecule has 0 atom stereocenters. The summed E-state index contributed by atoms with van der Waals surface area (Å²) < 4.78 is 5.78. The van der Waals surface area contributed by atoms with Crippen molar-refractivity contribution in [2.45, 2.75) is 33.1 Å². The van der Waals surface area contributed by atoms with Gasteiger partial charge in [-0.2, -0.15) is 0 Å². The number of aryl methyl sites for hydroxylation is 1. The molecule has 0 saturated carbocycles. The van der Waals surface area contributed by atoms with Crippen LogP contribution in [0.1, 0.15) is 41.3 Å². The number of hydrogen-bond donors (Lipinski definition) is 1. The molecule has 0 radical (unpaired) electrons. The van der Waals surface area contributed by atoms with Crippen molar-refractivity contribution >= 4 is 34.0 Å². The summed E-state index contributed by atoms with van der Waals surface area (Å²) in [6.07, 6.45) is 2.54. The smallest absolute Gasteiger partial charge is 0.264 e. The molecule has 0 unspecified atom stereocenters. The first kappa shape index (κ1) is 20.4. The van der Waals surface area contributed by atoms with Gasteiger partial charge in [0.15, 0.2) is 11.7 Å². The van der Waals surface area contributed by atoms with Crippen molar-refractivity contribution in [3.05, 3.63) is 75.3 Å². The minimum atomic E-state index is -0.219. The number of anilines is 1. The van der Waals surface area contributed by atoms with Crippen LogP contribution in [0, 0.1) is 6.92 Å². The maximum atomic E-state index is 12.3. The molecule has 0 fully saturated rings. The van der Waals surface area contributed by atoms with Crippen LogP contribution in [0.3, 0.4) is 0 Å². The topological polar surface area (TPSA) is 51.2 Å². The molecule has 0 aliphatic carbocycles. The van der Waals surface area contributed by atoms with Gasteiger partial charge in [-0.25, -0.2) is 4.98 Å². The molecular weight excluding hydrogens is 392 g/mol. The van der Waals surface area contributed by atoms with Crippen LogP contribution in [0.15, 0.2) is 48.7 Å². The summed E-state index contributed by atoms with van der Waals surface area (Å²) in [5.74, 6) is 0.865. The van der Waals surface area contributed by atoms with Gasteiger partial charge >= 0.3 is 0 Å². The number of benzene rings is 2. The Morgan fingerprint density at radius 3 is 2.68 bits per heavy atom. The molecule has 1 amide bonds. The third-order valence-corrected chi connectivity index (χ3v) is 5.41. The number of halogens is 1. The third kappa shape index (κ3) is 5.57. The summed E-state index contributed by atoms with van der Waals surface area (Å²) in [5, 5.41) is 4.11. The van der Waals surface area contributed by atoms with Crippen LogP contribution in [0.5, 0.6) is 5.75 Å². The Kier molecular flexibility index (Phi) is 6.70. The van der Waals surface area contributed by atoms with E-state index in [1.165, 1.54) is 11.3 Å². The van der Waals surface area contributed by atoms with Crippen LogP contribution in [0.2, 0.25) is 5.02 Å². The highest BCUT2D eigenvalue weighted by molar-refractivity contribution is 7.15. The van der Waals surface area contributed by atoms with E-state index in [4.69, 9.17) is 16.3 Å². The lowest BCUT2D eigenvalue weighted by Crippen LogP contribution is -2.20. The summed E-state index contributed by atoms with van der Waals surface area (Å²) in [4.78, 5) is 17.6. The second kappa shape index (κ2) is 9.22. The Hall–Kier alpha value is -2.37. The summed E-state index contributed by atoms with van der Waals surface area (Å²) in [6.45, 7) is 6.18. The van der Waals surface area contributed by atoms with Gasteiger partial charge in [-0.1, -0.05) is 49.7 Å². The van der Waals surface area contributed by atoms with Crippen LogP contribution in [-0.4, -0.2) is 17.5 Å². The molecule has 2 aromatic carbocycles. The maximum Gasteiger partial charge on any atom is 0.264 e. The van der Waals surface area contributed by atoms with Crippen molar-refractivity contribution < 1.29 is 9.53 Å². The highest BCUT2D eigenvalue weighted by atomic mass is 35.5. The van der Waals surface area contributed by atoms with Crippen molar-refractivity contribution in [3.8, 4) is 5.75 Å². The molecule has 6 heteroatoms. The van der Waals surface area contributed by atoms with Crippen molar-refractivity contribution in [1.29, 1.82) is 0 Å². The number of carbonyl (C=O) groups is 1. The van der Waals surface area contributed by atoms with E-state index in [1.54, 1.807) is 6.20 Å². The van der Waals surface area contributed by atoms with Crippen LogP contribution in [0.4, 0.5) is 5.13 Å². The lowest BCUT2D eigenvalue weighted by atomic mass is 10.0. The van der Waals surface area contributed by atoms with E-state index in [2.05, 4.69) is 36.3 Å². The van der Waals surface area contributed by atoms with E-state index in [1.807, 2.05) is 37.3 Å². The number of nitrogens with zero attached hydrogens (tertiary/aromatic N) is 1. The number of carbonyl (C=O) groups excluding carboxylic acids is 1. The normalized spacial score (nSPS) is 10.9. The molecule has 146 valence electrons. The van der Waals surface area contributed by atoms with E-state index in [0.29, 0.717) is 11.0 Å². The average Bonchev–Trinajstić information content (AvgIpc) is 3.08. The van der Waals surface area contributed by atoms with Crippen molar-refractivity contribution in [2.75, 3.05) is 11.9 Å². The largest absolute Gasteiger partial charge is 0.483 e. The summed E-state index contributed by atoms with van der Waals surface area (Å²) in [6, 6.07) is 13.8. The minimum absolute atomic E-state index is 0.0464. The van der Waals surface area contributed by atoms with Crippen LogP contribution in [0.25, 0.3) is 0 Å². The summed E-state index contributed by atoms with van der Waals surface area (Å²) in [5.41, 5.74) is 3.35. The Balaban J connectivity index is 1.56. The summed E-state index contributed by atoms with van der Waals surface area (Å²) in [7, 11) is 0. The van der Waals surface area contributed by atoms with E-state index < -0.39 is 0 Å². The SMILES string of the molecule is Cc1ccc(C(C)C)c(OCC(=O)Nc2ncc(Cc3ccc(Cl)cc3)s2)c1. The van der Waals surface area contributed by atoms with E-state index in [9.17, 15) is 4.79 Å². The molecular formula is C22H23ClN2O2S. The molecule has 0 saturated heterocycles. The molecule has 0 aliphatic heterocycles. The maximum absolute atomic E-state index is 12.3. The van der Waals surface area contributed by atoms with Gasteiger partial charge in [0.2, 0.25) is 0 Å². The van der Waals surface area contributed by atoms with Crippen LogP contribution >= 0.6 is 22.9 Å². The lowest BCUT2D eigenvalue weighted by molar-refractivity contribution is -0.118. The number of aromatic nitrogens is 1. The van der Waals surface area contributed by atoms with Gasteiger partial charge in [0, 0.05) is 22.5 Å². The Bertz CT molecular complexity index is 951. The Morgan fingerprint density at radius 1 is 1.21 bits per heavy atom. The lowest BCUT2D eigenvalue weighted by Gasteiger charge is -2.14. The zero-order valence-corrected chi connectivity index (χ0v) is 17.7. The van der Waals surface area contributed by atoms with E-state index in [0.717, 1.165) is 38.8 Å². The number of rotatable bonds is 7. The minimum Gasteiger partial charge on any atom is -0.483 e. The molecule has 1 aromatic heterocycles. The fourth-order valence-corrected chi connectivity index (χ4v) is 3.78. The number of hydrogen-bond acceptors (Lipinski definition) is 4. The Labute approximate surface area is 174 Å². The second-order valence-corrected chi connectivity index (χ2v) is 8.52. The van der Waals surface area contributed by atoms with Gasteiger partial charge in [0.1, 0.15) is 5.75 Å². The predicted octanol–water partition coefficient (Wildman–Crippen LogP) is 5.84. The molecule has 4 nitrogen and oxygen atoms in total. The molecule has 1 heterocycles. The third-order valence-electron chi connectivity index (χ3n) is 4.24. The van der Waals surface area contributed by atoms with Crippen molar-refractivity contribution in [2.24, 2.45) is 0 Å². The van der Waals surface area contributed by atoms with Gasteiger partial charge in [0.25, 0.3) is 5.91 Å². The van der Waals surface area contributed by atoms with Crippen molar-refractivity contribution in [3.63, 3.8) is 0 Å². The molecule has 0 bridgehead atoms. The first-order chi connectivity index (χ1) is 13.4. The zero-order chi connectivity index (χ0) is 20.1. The molecule has 1 N–H and O–H groups in total. The van der Waals surface area contributed by atoms with Gasteiger partial charge in [-0.3, -0.25) is 10.1 Å². The molecule has 28 heavy (non-hydrogen) atoms. The van der Waals surface area contributed by atoms with E-state index >= 15 is 0 Å². The van der Waals surface area contributed by atoms with Crippen LogP contribution in [-0.2, 0) is 11.2 Å². The molecule has 3 rings (SSSR count). The molecule has 0 spiro atoms. The zero-order valence-electron chi connectivity index (χ0n) is 16.2. The summed E-state index contributed by atoms with van der Waals surface area (Å²) >= 11 is 7.38.